The summed E-state index contributed by atoms with van der Waals surface area (Å²) >= 11 is 5.88. The third kappa shape index (κ3) is 5.57. The van der Waals surface area contributed by atoms with Gasteiger partial charge < -0.3 is 15.2 Å². The van der Waals surface area contributed by atoms with E-state index in [-0.39, 0.29) is 35.5 Å². The summed E-state index contributed by atoms with van der Waals surface area (Å²) in [5.41, 5.74) is -0.135. The van der Waals surface area contributed by atoms with Crippen LogP contribution < -0.4 is 10.1 Å². The topological polar surface area (TPSA) is 102 Å². The van der Waals surface area contributed by atoms with Gasteiger partial charge >= 0.3 is 5.97 Å². The van der Waals surface area contributed by atoms with Crippen LogP contribution in [0.15, 0.2) is 18.2 Å². The number of hydrogen-bond acceptors (Lipinski definition) is 5. The minimum absolute atomic E-state index is 0.0208. The smallest absolute Gasteiger partial charge is 0.320 e. The Labute approximate surface area is 127 Å². The lowest BCUT2D eigenvalue weighted by atomic mass is 10.2. The van der Waals surface area contributed by atoms with Gasteiger partial charge in [-0.15, -0.1) is 0 Å². The van der Waals surface area contributed by atoms with Crippen molar-refractivity contribution in [2.24, 2.45) is 0 Å². The van der Waals surface area contributed by atoms with E-state index in [2.05, 4.69) is 5.32 Å². The number of rotatable bonds is 8. The molecule has 1 atom stereocenters. The second-order valence-corrected chi connectivity index (χ2v) is 5.13. The number of nitro benzene ring substituents is 1. The van der Waals surface area contributed by atoms with Gasteiger partial charge in [0, 0.05) is 18.5 Å². The Bertz CT molecular complexity index is 521. The molecule has 0 aliphatic heterocycles. The predicted molar refractivity (Wildman–Crippen MR) is 77.9 cm³/mol. The van der Waals surface area contributed by atoms with Gasteiger partial charge in [0.25, 0.3) is 5.69 Å². The summed E-state index contributed by atoms with van der Waals surface area (Å²) in [7, 11) is 0. The zero-order chi connectivity index (χ0) is 16.0. The number of carboxylic acids is 1. The van der Waals surface area contributed by atoms with Crippen LogP contribution >= 0.6 is 11.6 Å². The van der Waals surface area contributed by atoms with Crippen LogP contribution in [0.2, 0.25) is 5.02 Å². The molecule has 0 saturated heterocycles. The molecular formula is C13H17ClN2O5. The van der Waals surface area contributed by atoms with Crippen molar-refractivity contribution in [1.29, 1.82) is 0 Å². The Morgan fingerprint density at radius 1 is 1.52 bits per heavy atom. The minimum atomic E-state index is -0.975. The maximum Gasteiger partial charge on any atom is 0.320 e. The molecule has 116 valence electrons. The molecule has 0 aliphatic rings. The highest BCUT2D eigenvalue weighted by molar-refractivity contribution is 6.32. The summed E-state index contributed by atoms with van der Waals surface area (Å²) < 4.78 is 5.35. The van der Waals surface area contributed by atoms with Crippen molar-refractivity contribution in [3.63, 3.8) is 0 Å². The number of carboxylic acid groups (broad SMARTS) is 1. The van der Waals surface area contributed by atoms with E-state index in [9.17, 15) is 14.9 Å². The van der Waals surface area contributed by atoms with Gasteiger partial charge in [0.15, 0.2) is 0 Å². The number of nitrogens with one attached hydrogen (secondary N) is 1. The van der Waals surface area contributed by atoms with Crippen molar-refractivity contribution >= 4 is 23.3 Å². The number of halogens is 1. The monoisotopic (exact) mass is 316 g/mol. The molecule has 8 heteroatoms. The first-order valence-corrected chi connectivity index (χ1v) is 6.74. The SMILES string of the molecule is CC(C)NC(CCOc1cc([N+](=O)[O-])ccc1Cl)C(=O)O. The third-order valence-corrected chi connectivity index (χ3v) is 2.93. The lowest BCUT2D eigenvalue weighted by molar-refractivity contribution is -0.384. The van der Waals surface area contributed by atoms with Crippen LogP contribution in [-0.2, 0) is 4.79 Å². The van der Waals surface area contributed by atoms with Crippen LogP contribution in [0, 0.1) is 10.1 Å². The molecule has 21 heavy (non-hydrogen) atoms. The van der Waals surface area contributed by atoms with Crippen molar-refractivity contribution < 1.29 is 19.6 Å². The second kappa shape index (κ2) is 7.80. The Balaban J connectivity index is 2.64. The van der Waals surface area contributed by atoms with E-state index in [4.69, 9.17) is 21.4 Å². The molecule has 0 heterocycles. The fraction of sp³-hybridized carbons (Fsp3) is 0.462. The van der Waals surface area contributed by atoms with E-state index < -0.39 is 16.9 Å². The van der Waals surface area contributed by atoms with Gasteiger partial charge in [-0.05, 0) is 6.07 Å². The van der Waals surface area contributed by atoms with Crippen LogP contribution in [0.4, 0.5) is 5.69 Å². The molecule has 0 aromatic heterocycles. The molecule has 1 aromatic carbocycles. The zero-order valence-electron chi connectivity index (χ0n) is 11.7. The average Bonchev–Trinajstić information content (AvgIpc) is 2.38. The molecule has 7 nitrogen and oxygen atoms in total. The highest BCUT2D eigenvalue weighted by Crippen LogP contribution is 2.28. The van der Waals surface area contributed by atoms with Crippen LogP contribution in [-0.4, -0.2) is 34.7 Å². The van der Waals surface area contributed by atoms with Gasteiger partial charge in [0.05, 0.1) is 22.6 Å². The zero-order valence-corrected chi connectivity index (χ0v) is 12.5. The molecule has 2 N–H and O–H groups in total. The first-order valence-electron chi connectivity index (χ1n) is 6.37. The van der Waals surface area contributed by atoms with Crippen molar-refractivity contribution in [2.45, 2.75) is 32.4 Å². The Morgan fingerprint density at radius 3 is 2.71 bits per heavy atom. The van der Waals surface area contributed by atoms with Gasteiger partial charge in [0.2, 0.25) is 0 Å². The predicted octanol–water partition coefficient (Wildman–Crippen LogP) is 2.47. The van der Waals surface area contributed by atoms with Gasteiger partial charge in [-0.1, -0.05) is 25.4 Å². The summed E-state index contributed by atoms with van der Waals surface area (Å²) in [6.45, 7) is 3.76. The normalized spacial score (nSPS) is 12.2. The van der Waals surface area contributed by atoms with E-state index in [1.54, 1.807) is 0 Å². The molecule has 0 spiro atoms. The van der Waals surface area contributed by atoms with Gasteiger partial charge in [0.1, 0.15) is 11.8 Å². The molecule has 0 radical (unpaired) electrons. The van der Waals surface area contributed by atoms with Crippen molar-refractivity contribution in [2.75, 3.05) is 6.61 Å². The highest BCUT2D eigenvalue weighted by atomic mass is 35.5. The number of aliphatic carboxylic acids is 1. The maximum atomic E-state index is 11.1. The molecular weight excluding hydrogens is 300 g/mol. The van der Waals surface area contributed by atoms with E-state index in [1.807, 2.05) is 13.8 Å². The molecule has 0 bridgehead atoms. The molecule has 0 fully saturated rings. The molecule has 1 unspecified atom stereocenters. The summed E-state index contributed by atoms with van der Waals surface area (Å²) in [6, 6.07) is 3.13. The summed E-state index contributed by atoms with van der Waals surface area (Å²) in [4.78, 5) is 21.2. The lowest BCUT2D eigenvalue weighted by Crippen LogP contribution is -2.41. The minimum Gasteiger partial charge on any atom is -0.492 e. The molecule has 0 saturated carbocycles. The van der Waals surface area contributed by atoms with Crippen LogP contribution in [0.1, 0.15) is 20.3 Å². The fourth-order valence-corrected chi connectivity index (χ4v) is 1.86. The largest absolute Gasteiger partial charge is 0.492 e. The van der Waals surface area contributed by atoms with E-state index in [0.29, 0.717) is 0 Å². The quantitative estimate of drug-likeness (QED) is 0.564. The Hall–Kier alpha value is -1.86. The highest BCUT2D eigenvalue weighted by Gasteiger charge is 2.18. The summed E-state index contributed by atoms with van der Waals surface area (Å²) in [5.74, 6) is -0.808. The molecule has 0 amide bonds. The molecule has 1 aromatic rings. The number of non-ortho nitro benzene ring substituents is 1. The van der Waals surface area contributed by atoms with Crippen LogP contribution in [0.25, 0.3) is 0 Å². The van der Waals surface area contributed by atoms with E-state index >= 15 is 0 Å². The Kier molecular flexibility index (Phi) is 6.39. The molecule has 0 aliphatic carbocycles. The summed E-state index contributed by atoms with van der Waals surface area (Å²) in [6.07, 6.45) is 0.215. The van der Waals surface area contributed by atoms with Gasteiger partial charge in [-0.25, -0.2) is 0 Å². The number of nitro groups is 1. The first-order chi connectivity index (χ1) is 9.81. The number of nitrogens with zero attached hydrogens (tertiary/aromatic N) is 1. The second-order valence-electron chi connectivity index (χ2n) is 4.72. The van der Waals surface area contributed by atoms with Gasteiger partial charge in [-0.2, -0.15) is 0 Å². The average molecular weight is 317 g/mol. The van der Waals surface area contributed by atoms with E-state index in [0.717, 1.165) is 0 Å². The van der Waals surface area contributed by atoms with Crippen molar-refractivity contribution in [3.8, 4) is 5.75 Å². The maximum absolute atomic E-state index is 11.1. The van der Waals surface area contributed by atoms with Crippen LogP contribution in [0.5, 0.6) is 5.75 Å². The van der Waals surface area contributed by atoms with Gasteiger partial charge in [-0.3, -0.25) is 14.9 Å². The number of hydrogen-bond donors (Lipinski definition) is 2. The lowest BCUT2D eigenvalue weighted by Gasteiger charge is -2.17. The van der Waals surface area contributed by atoms with Crippen LogP contribution in [0.3, 0.4) is 0 Å². The van der Waals surface area contributed by atoms with Crippen molar-refractivity contribution in [1.82, 2.24) is 5.32 Å². The number of ether oxygens (including phenoxy) is 1. The third-order valence-electron chi connectivity index (χ3n) is 2.62. The fourth-order valence-electron chi connectivity index (χ4n) is 1.68. The van der Waals surface area contributed by atoms with E-state index in [1.165, 1.54) is 18.2 Å². The summed E-state index contributed by atoms with van der Waals surface area (Å²) in [5, 5.41) is 22.9. The Morgan fingerprint density at radius 2 is 2.19 bits per heavy atom. The van der Waals surface area contributed by atoms with Crippen molar-refractivity contribution in [3.05, 3.63) is 33.3 Å². The number of carbonyl (C=O) groups is 1. The standard InChI is InChI=1S/C13H17ClN2O5/c1-8(2)15-11(13(17)18)5-6-21-12-7-9(16(19)20)3-4-10(12)14/h3-4,7-8,11,15H,5-6H2,1-2H3,(H,17,18). The number of benzene rings is 1. The first kappa shape index (κ1) is 17.2. The molecule has 1 rings (SSSR count).